The molecule has 130 valence electrons. The van der Waals surface area contributed by atoms with E-state index in [-0.39, 0.29) is 6.61 Å². The van der Waals surface area contributed by atoms with Gasteiger partial charge in [-0.2, -0.15) is 0 Å². The zero-order valence-electron chi connectivity index (χ0n) is 14.3. The van der Waals surface area contributed by atoms with Gasteiger partial charge in [0.15, 0.2) is 17.3 Å². The predicted molar refractivity (Wildman–Crippen MR) is 92.4 cm³/mol. The highest BCUT2D eigenvalue weighted by atomic mass is 16.5. The minimum Gasteiger partial charge on any atom is -0.497 e. The average molecular weight is 341 g/mol. The van der Waals surface area contributed by atoms with E-state index in [0.29, 0.717) is 23.0 Å². The van der Waals surface area contributed by atoms with Gasteiger partial charge in [-0.05, 0) is 36.4 Å². The molecule has 0 aliphatic rings. The summed E-state index contributed by atoms with van der Waals surface area (Å²) < 4.78 is 26.9. The van der Waals surface area contributed by atoms with E-state index >= 15 is 0 Å². The SMILES string of the molecule is COc1ccc(-c2cc(COc3c(OC)cccc3OC)on2)cc1. The van der Waals surface area contributed by atoms with E-state index in [0.717, 1.165) is 17.0 Å². The number of rotatable bonds is 7. The second kappa shape index (κ2) is 7.61. The molecule has 0 fully saturated rings. The van der Waals surface area contributed by atoms with Crippen LogP contribution >= 0.6 is 0 Å². The second-order valence-corrected chi connectivity index (χ2v) is 5.19. The first-order valence-electron chi connectivity index (χ1n) is 7.69. The molecule has 0 atom stereocenters. The van der Waals surface area contributed by atoms with Gasteiger partial charge in [0.05, 0.1) is 21.3 Å². The minimum atomic E-state index is 0.208. The molecule has 0 aliphatic carbocycles. The fourth-order valence-corrected chi connectivity index (χ4v) is 2.38. The molecule has 2 aromatic carbocycles. The van der Waals surface area contributed by atoms with Crippen molar-refractivity contribution in [1.82, 2.24) is 5.16 Å². The summed E-state index contributed by atoms with van der Waals surface area (Å²) in [5.74, 6) is 3.09. The molecule has 0 saturated heterocycles. The Morgan fingerprint density at radius 1 is 0.880 bits per heavy atom. The van der Waals surface area contributed by atoms with Crippen molar-refractivity contribution in [3.63, 3.8) is 0 Å². The van der Waals surface area contributed by atoms with Crippen LogP contribution in [0, 0.1) is 0 Å². The largest absolute Gasteiger partial charge is 0.497 e. The molecule has 3 rings (SSSR count). The summed E-state index contributed by atoms with van der Waals surface area (Å²) >= 11 is 0. The number of methoxy groups -OCH3 is 3. The van der Waals surface area contributed by atoms with E-state index in [2.05, 4.69) is 5.16 Å². The van der Waals surface area contributed by atoms with Crippen molar-refractivity contribution in [3.8, 4) is 34.3 Å². The Bertz CT molecular complexity index is 804. The lowest BCUT2D eigenvalue weighted by molar-refractivity contribution is 0.229. The minimum absolute atomic E-state index is 0.208. The molecule has 0 unspecified atom stereocenters. The van der Waals surface area contributed by atoms with Crippen LogP contribution in [0.15, 0.2) is 53.1 Å². The van der Waals surface area contributed by atoms with Crippen LogP contribution in [0.1, 0.15) is 5.76 Å². The van der Waals surface area contributed by atoms with Crippen LogP contribution < -0.4 is 18.9 Å². The van der Waals surface area contributed by atoms with Gasteiger partial charge in [-0.15, -0.1) is 0 Å². The maximum Gasteiger partial charge on any atom is 0.203 e. The molecule has 1 aromatic heterocycles. The van der Waals surface area contributed by atoms with Gasteiger partial charge in [0.2, 0.25) is 5.75 Å². The molecular weight excluding hydrogens is 322 g/mol. The lowest BCUT2D eigenvalue weighted by Crippen LogP contribution is -1.99. The van der Waals surface area contributed by atoms with E-state index in [9.17, 15) is 0 Å². The summed E-state index contributed by atoms with van der Waals surface area (Å²) in [4.78, 5) is 0. The van der Waals surface area contributed by atoms with Crippen LogP contribution in [0.4, 0.5) is 0 Å². The highest BCUT2D eigenvalue weighted by molar-refractivity contribution is 5.59. The smallest absolute Gasteiger partial charge is 0.203 e. The van der Waals surface area contributed by atoms with Crippen molar-refractivity contribution >= 4 is 0 Å². The Kier molecular flexibility index (Phi) is 5.09. The average Bonchev–Trinajstić information content (AvgIpc) is 3.15. The lowest BCUT2D eigenvalue weighted by atomic mass is 10.1. The van der Waals surface area contributed by atoms with E-state index in [1.165, 1.54) is 0 Å². The van der Waals surface area contributed by atoms with Gasteiger partial charge in [-0.3, -0.25) is 0 Å². The van der Waals surface area contributed by atoms with Crippen LogP contribution in [0.5, 0.6) is 23.0 Å². The normalized spacial score (nSPS) is 10.4. The number of aromatic nitrogens is 1. The van der Waals surface area contributed by atoms with Crippen molar-refractivity contribution in [1.29, 1.82) is 0 Å². The molecule has 25 heavy (non-hydrogen) atoms. The Morgan fingerprint density at radius 2 is 1.56 bits per heavy atom. The molecule has 0 saturated carbocycles. The number of para-hydroxylation sites is 1. The quantitative estimate of drug-likeness (QED) is 0.648. The van der Waals surface area contributed by atoms with Gasteiger partial charge in [-0.1, -0.05) is 11.2 Å². The molecular formula is C19H19NO5. The molecule has 6 nitrogen and oxygen atoms in total. The van der Waals surface area contributed by atoms with E-state index in [1.54, 1.807) is 33.5 Å². The molecule has 0 bridgehead atoms. The highest BCUT2D eigenvalue weighted by Gasteiger charge is 2.13. The summed E-state index contributed by atoms with van der Waals surface area (Å²) in [6.45, 7) is 0.208. The van der Waals surface area contributed by atoms with E-state index in [4.69, 9.17) is 23.5 Å². The van der Waals surface area contributed by atoms with Gasteiger partial charge in [0.1, 0.15) is 18.1 Å². The van der Waals surface area contributed by atoms with Gasteiger partial charge in [-0.25, -0.2) is 0 Å². The molecule has 6 heteroatoms. The van der Waals surface area contributed by atoms with E-state index < -0.39 is 0 Å². The van der Waals surface area contributed by atoms with Crippen LogP contribution in [-0.4, -0.2) is 26.5 Å². The zero-order chi connectivity index (χ0) is 17.6. The number of hydrogen-bond donors (Lipinski definition) is 0. The first-order chi connectivity index (χ1) is 12.2. The summed E-state index contributed by atoms with van der Waals surface area (Å²) in [5, 5.41) is 4.08. The zero-order valence-corrected chi connectivity index (χ0v) is 14.3. The van der Waals surface area contributed by atoms with Gasteiger partial charge in [0.25, 0.3) is 0 Å². The Balaban J connectivity index is 1.74. The Hall–Kier alpha value is -3.15. The van der Waals surface area contributed by atoms with Gasteiger partial charge in [0, 0.05) is 11.6 Å². The summed E-state index contributed by atoms with van der Waals surface area (Å²) in [5.41, 5.74) is 1.67. The first kappa shape index (κ1) is 16.7. The Labute approximate surface area is 145 Å². The standard InChI is InChI=1S/C19H19NO5/c1-21-14-9-7-13(8-10-14)16-11-15(25-20-16)12-24-19-17(22-2)5-4-6-18(19)23-3/h4-11H,12H2,1-3H3. The van der Waals surface area contributed by atoms with Crippen LogP contribution in [0.2, 0.25) is 0 Å². The van der Waals surface area contributed by atoms with Crippen molar-refractivity contribution in [2.75, 3.05) is 21.3 Å². The number of nitrogens with zero attached hydrogens (tertiary/aromatic N) is 1. The third-order valence-electron chi connectivity index (χ3n) is 3.69. The maximum absolute atomic E-state index is 5.82. The first-order valence-corrected chi connectivity index (χ1v) is 7.69. The Morgan fingerprint density at radius 3 is 2.16 bits per heavy atom. The van der Waals surface area contributed by atoms with E-state index in [1.807, 2.05) is 36.4 Å². The molecule has 1 heterocycles. The number of hydrogen-bond acceptors (Lipinski definition) is 6. The van der Waals surface area contributed by atoms with Crippen molar-refractivity contribution in [2.45, 2.75) is 6.61 Å². The molecule has 0 spiro atoms. The third-order valence-corrected chi connectivity index (χ3v) is 3.69. The van der Waals surface area contributed by atoms with Crippen LogP contribution in [-0.2, 0) is 6.61 Å². The molecule has 3 aromatic rings. The fourth-order valence-electron chi connectivity index (χ4n) is 2.38. The monoisotopic (exact) mass is 341 g/mol. The lowest BCUT2D eigenvalue weighted by Gasteiger charge is -2.12. The summed E-state index contributed by atoms with van der Waals surface area (Å²) in [7, 11) is 4.79. The topological polar surface area (TPSA) is 63.0 Å². The predicted octanol–water partition coefficient (Wildman–Crippen LogP) is 3.95. The second-order valence-electron chi connectivity index (χ2n) is 5.19. The van der Waals surface area contributed by atoms with Gasteiger partial charge < -0.3 is 23.5 Å². The number of benzene rings is 2. The molecule has 0 radical (unpaired) electrons. The molecule has 0 aliphatic heterocycles. The van der Waals surface area contributed by atoms with Gasteiger partial charge >= 0.3 is 0 Å². The summed E-state index contributed by atoms with van der Waals surface area (Å²) in [6.07, 6.45) is 0. The third kappa shape index (κ3) is 3.68. The van der Waals surface area contributed by atoms with Crippen molar-refractivity contribution in [3.05, 3.63) is 54.3 Å². The summed E-state index contributed by atoms with van der Waals surface area (Å²) in [6, 6.07) is 14.9. The van der Waals surface area contributed by atoms with Crippen molar-refractivity contribution in [2.24, 2.45) is 0 Å². The van der Waals surface area contributed by atoms with Crippen LogP contribution in [0.3, 0.4) is 0 Å². The van der Waals surface area contributed by atoms with Crippen LogP contribution in [0.25, 0.3) is 11.3 Å². The highest BCUT2D eigenvalue weighted by Crippen LogP contribution is 2.37. The molecule has 0 N–H and O–H groups in total. The van der Waals surface area contributed by atoms with Crippen molar-refractivity contribution < 1.29 is 23.5 Å². The fraction of sp³-hybridized carbons (Fsp3) is 0.211. The maximum atomic E-state index is 5.82. The number of ether oxygens (including phenoxy) is 4. The molecule has 0 amide bonds.